The van der Waals surface area contributed by atoms with Gasteiger partial charge < -0.3 is 16.0 Å². The summed E-state index contributed by atoms with van der Waals surface area (Å²) in [7, 11) is 0. The Labute approximate surface area is 192 Å². The van der Waals surface area contributed by atoms with Gasteiger partial charge in [0.25, 0.3) is 0 Å². The van der Waals surface area contributed by atoms with Gasteiger partial charge in [-0.2, -0.15) is 4.98 Å². The topological polar surface area (TPSA) is 84.9 Å². The normalized spacial score (nSPS) is 14.6. The predicted molar refractivity (Wildman–Crippen MR) is 130 cm³/mol. The van der Waals surface area contributed by atoms with Gasteiger partial charge in [-0.1, -0.05) is 36.2 Å². The minimum atomic E-state index is -0.350. The average molecular weight is 446 g/mol. The van der Waals surface area contributed by atoms with E-state index in [0.717, 1.165) is 37.3 Å². The summed E-state index contributed by atoms with van der Waals surface area (Å²) < 4.78 is 15.4. The number of piperidine rings is 1. The first-order valence-corrected chi connectivity index (χ1v) is 11.4. The Morgan fingerprint density at radius 1 is 1.03 bits per heavy atom. The standard InChI is InChI=1S/C25H28FN7/c1-17-7-5-8-18(15-17)22-21-23(27)33(20-10-6-9-19(26)16-20)31-24(21)30-25(29-22)28-11-14-32-12-3-2-4-13-32/h5-10,15-16H,2-4,11-14,27H2,1H3,(H,28,30,31). The van der Waals surface area contributed by atoms with Crippen molar-refractivity contribution in [3.63, 3.8) is 0 Å². The van der Waals surface area contributed by atoms with Gasteiger partial charge in [-0.05, 0) is 57.1 Å². The minimum Gasteiger partial charge on any atom is -0.383 e. The molecule has 7 nitrogen and oxygen atoms in total. The molecule has 4 aromatic rings. The Kier molecular flexibility index (Phi) is 5.92. The zero-order valence-electron chi connectivity index (χ0n) is 18.8. The molecule has 0 amide bonds. The maximum absolute atomic E-state index is 13.9. The zero-order valence-corrected chi connectivity index (χ0v) is 18.8. The van der Waals surface area contributed by atoms with Crippen molar-refractivity contribution >= 4 is 22.8 Å². The molecule has 1 saturated heterocycles. The Morgan fingerprint density at radius 3 is 2.64 bits per heavy atom. The highest BCUT2D eigenvalue weighted by Crippen LogP contribution is 2.33. The molecule has 1 aliphatic heterocycles. The first-order chi connectivity index (χ1) is 16.1. The summed E-state index contributed by atoms with van der Waals surface area (Å²) in [5.41, 5.74) is 10.3. The van der Waals surface area contributed by atoms with Crippen LogP contribution in [0.5, 0.6) is 0 Å². The van der Waals surface area contributed by atoms with Crippen molar-refractivity contribution in [3.05, 3.63) is 59.9 Å². The van der Waals surface area contributed by atoms with Crippen LogP contribution in [0.1, 0.15) is 24.8 Å². The summed E-state index contributed by atoms with van der Waals surface area (Å²) in [6.07, 6.45) is 3.84. The number of halogens is 1. The summed E-state index contributed by atoms with van der Waals surface area (Å²) in [6.45, 7) is 6.02. The summed E-state index contributed by atoms with van der Waals surface area (Å²) >= 11 is 0. The van der Waals surface area contributed by atoms with Crippen molar-refractivity contribution < 1.29 is 4.39 Å². The molecule has 1 aliphatic rings. The van der Waals surface area contributed by atoms with Crippen LogP contribution in [-0.2, 0) is 0 Å². The average Bonchev–Trinajstić information content (AvgIpc) is 3.16. The van der Waals surface area contributed by atoms with Gasteiger partial charge in [0, 0.05) is 18.7 Å². The number of aryl methyl sites for hydroxylation is 1. The van der Waals surface area contributed by atoms with Crippen LogP contribution >= 0.6 is 0 Å². The van der Waals surface area contributed by atoms with E-state index >= 15 is 0 Å². The second kappa shape index (κ2) is 9.15. The molecule has 0 spiro atoms. The van der Waals surface area contributed by atoms with Gasteiger partial charge >= 0.3 is 0 Å². The third-order valence-electron chi connectivity index (χ3n) is 6.07. The van der Waals surface area contributed by atoms with Crippen LogP contribution < -0.4 is 11.1 Å². The molecule has 0 saturated carbocycles. The SMILES string of the molecule is Cc1cccc(-c2nc(NCCN3CCCCC3)nc3nn(-c4cccc(F)c4)c(N)c23)c1. The number of hydrogen-bond acceptors (Lipinski definition) is 6. The number of rotatable bonds is 6. The number of likely N-dealkylation sites (tertiary alicyclic amines) is 1. The predicted octanol–water partition coefficient (Wildman–Crippen LogP) is 4.41. The Bertz CT molecular complexity index is 1280. The summed E-state index contributed by atoms with van der Waals surface area (Å²) in [4.78, 5) is 11.9. The molecule has 1 fully saturated rings. The molecule has 5 rings (SSSR count). The highest BCUT2D eigenvalue weighted by Gasteiger charge is 2.20. The molecule has 170 valence electrons. The van der Waals surface area contributed by atoms with E-state index in [1.54, 1.807) is 12.1 Å². The van der Waals surface area contributed by atoms with E-state index in [2.05, 4.69) is 26.4 Å². The zero-order chi connectivity index (χ0) is 22.8. The lowest BCUT2D eigenvalue weighted by Crippen LogP contribution is -2.33. The van der Waals surface area contributed by atoms with Crippen LogP contribution in [0.3, 0.4) is 0 Å². The van der Waals surface area contributed by atoms with E-state index < -0.39 is 0 Å². The van der Waals surface area contributed by atoms with Crippen LogP contribution in [0.25, 0.3) is 28.0 Å². The fraction of sp³-hybridized carbons (Fsp3) is 0.320. The van der Waals surface area contributed by atoms with Gasteiger partial charge in [0.05, 0.1) is 16.8 Å². The molecule has 8 heteroatoms. The molecule has 0 unspecified atom stereocenters. The third kappa shape index (κ3) is 4.52. The van der Waals surface area contributed by atoms with E-state index in [0.29, 0.717) is 34.2 Å². The maximum atomic E-state index is 13.9. The van der Waals surface area contributed by atoms with E-state index in [1.807, 2.05) is 25.1 Å². The van der Waals surface area contributed by atoms with Gasteiger partial charge in [-0.3, -0.25) is 0 Å². The first-order valence-electron chi connectivity index (χ1n) is 11.4. The fourth-order valence-electron chi connectivity index (χ4n) is 4.41. The molecule has 2 aromatic heterocycles. The highest BCUT2D eigenvalue weighted by molar-refractivity contribution is 5.99. The van der Waals surface area contributed by atoms with Crippen molar-refractivity contribution in [2.45, 2.75) is 26.2 Å². The van der Waals surface area contributed by atoms with Crippen LogP contribution in [0, 0.1) is 12.7 Å². The molecule has 3 heterocycles. The lowest BCUT2D eigenvalue weighted by molar-refractivity contribution is 0.237. The lowest BCUT2D eigenvalue weighted by atomic mass is 10.1. The van der Waals surface area contributed by atoms with E-state index in [4.69, 9.17) is 10.7 Å². The van der Waals surface area contributed by atoms with Crippen LogP contribution in [0.4, 0.5) is 16.2 Å². The molecule has 0 atom stereocenters. The molecule has 3 N–H and O–H groups in total. The van der Waals surface area contributed by atoms with Gasteiger partial charge in [-0.15, -0.1) is 5.10 Å². The van der Waals surface area contributed by atoms with Crippen molar-refractivity contribution in [2.75, 3.05) is 37.2 Å². The summed E-state index contributed by atoms with van der Waals surface area (Å²) in [6, 6.07) is 14.3. The van der Waals surface area contributed by atoms with Crippen LogP contribution in [0.15, 0.2) is 48.5 Å². The molecular formula is C25H28FN7. The van der Waals surface area contributed by atoms with Gasteiger partial charge in [0.15, 0.2) is 5.65 Å². The number of nitrogens with zero attached hydrogens (tertiary/aromatic N) is 5. The number of fused-ring (bicyclic) bond motifs is 1. The monoisotopic (exact) mass is 445 g/mol. The number of aromatic nitrogens is 4. The van der Waals surface area contributed by atoms with Gasteiger partial charge in [0.2, 0.25) is 5.95 Å². The molecule has 0 aliphatic carbocycles. The first kappa shape index (κ1) is 21.3. The number of hydrogen-bond donors (Lipinski definition) is 2. The van der Waals surface area contributed by atoms with Gasteiger partial charge in [0.1, 0.15) is 11.6 Å². The van der Waals surface area contributed by atoms with E-state index in [9.17, 15) is 4.39 Å². The highest BCUT2D eigenvalue weighted by atomic mass is 19.1. The Morgan fingerprint density at radius 2 is 1.85 bits per heavy atom. The molecular weight excluding hydrogens is 417 g/mol. The maximum Gasteiger partial charge on any atom is 0.225 e. The second-order valence-electron chi connectivity index (χ2n) is 8.57. The number of nitrogen functional groups attached to an aromatic ring is 1. The van der Waals surface area contributed by atoms with E-state index in [-0.39, 0.29) is 5.82 Å². The lowest BCUT2D eigenvalue weighted by Gasteiger charge is -2.26. The van der Waals surface area contributed by atoms with Crippen molar-refractivity contribution in [3.8, 4) is 16.9 Å². The van der Waals surface area contributed by atoms with Crippen molar-refractivity contribution in [1.29, 1.82) is 0 Å². The molecule has 33 heavy (non-hydrogen) atoms. The largest absolute Gasteiger partial charge is 0.383 e. The minimum absolute atomic E-state index is 0.350. The van der Waals surface area contributed by atoms with Crippen molar-refractivity contribution in [2.24, 2.45) is 0 Å². The molecule has 0 bridgehead atoms. The number of nitrogens with one attached hydrogen (secondary N) is 1. The third-order valence-corrected chi connectivity index (χ3v) is 6.07. The Balaban J connectivity index is 1.55. The van der Waals surface area contributed by atoms with Crippen molar-refractivity contribution in [1.82, 2.24) is 24.6 Å². The summed E-state index contributed by atoms with van der Waals surface area (Å²) in [5.74, 6) is 0.545. The Hall–Kier alpha value is -3.52. The number of anilines is 2. The molecule has 2 aromatic carbocycles. The van der Waals surface area contributed by atoms with Gasteiger partial charge in [-0.25, -0.2) is 14.1 Å². The smallest absolute Gasteiger partial charge is 0.225 e. The van der Waals surface area contributed by atoms with Crippen LogP contribution in [-0.4, -0.2) is 50.8 Å². The molecule has 0 radical (unpaired) electrons. The fourth-order valence-corrected chi connectivity index (χ4v) is 4.41. The quantitative estimate of drug-likeness (QED) is 0.457. The number of nitrogens with two attached hydrogens (primary N) is 1. The van der Waals surface area contributed by atoms with Crippen LogP contribution in [0.2, 0.25) is 0 Å². The van der Waals surface area contributed by atoms with E-state index in [1.165, 1.54) is 36.1 Å². The summed E-state index contributed by atoms with van der Waals surface area (Å²) in [5, 5.41) is 8.65. The second-order valence-corrected chi connectivity index (χ2v) is 8.57. The number of benzene rings is 2.